The second kappa shape index (κ2) is 6.03. The molecule has 2 rings (SSSR count). The first kappa shape index (κ1) is 14.5. The van der Waals surface area contributed by atoms with Crippen LogP contribution in [0.2, 0.25) is 0 Å². The fourth-order valence-electron chi connectivity index (χ4n) is 2.36. The standard InChI is InChI=1S/C14H22N2O2S/c1-12-3-4-14(19(2,17)18)11-13(12)5-8-16-9-6-15-7-10-16/h3-4,11,15H,5-10H2,1-2H3. The van der Waals surface area contributed by atoms with Gasteiger partial charge in [0, 0.05) is 39.0 Å². The van der Waals surface area contributed by atoms with Gasteiger partial charge in [0.1, 0.15) is 0 Å². The number of piperazine rings is 1. The SMILES string of the molecule is Cc1ccc(S(C)(=O)=O)cc1CCN1CCNCC1. The van der Waals surface area contributed by atoms with E-state index >= 15 is 0 Å². The van der Waals surface area contributed by atoms with E-state index < -0.39 is 9.84 Å². The molecule has 1 N–H and O–H groups in total. The number of hydrogen-bond donors (Lipinski definition) is 1. The minimum atomic E-state index is -3.11. The lowest BCUT2D eigenvalue weighted by Gasteiger charge is -2.27. The Morgan fingerprint density at radius 1 is 1.26 bits per heavy atom. The van der Waals surface area contributed by atoms with Crippen LogP contribution in [0.1, 0.15) is 11.1 Å². The topological polar surface area (TPSA) is 49.4 Å². The van der Waals surface area contributed by atoms with E-state index in [-0.39, 0.29) is 0 Å². The zero-order valence-corrected chi connectivity index (χ0v) is 12.5. The zero-order valence-electron chi connectivity index (χ0n) is 11.6. The summed E-state index contributed by atoms with van der Waals surface area (Å²) in [5.74, 6) is 0. The highest BCUT2D eigenvalue weighted by Gasteiger charge is 2.12. The molecule has 1 aromatic carbocycles. The van der Waals surface area contributed by atoms with Gasteiger partial charge in [-0.05, 0) is 36.6 Å². The van der Waals surface area contributed by atoms with Gasteiger partial charge in [0.25, 0.3) is 0 Å². The highest BCUT2D eigenvalue weighted by Crippen LogP contribution is 2.16. The molecular weight excluding hydrogens is 260 g/mol. The molecule has 1 fully saturated rings. The Kier molecular flexibility index (Phi) is 4.60. The van der Waals surface area contributed by atoms with Crippen molar-refractivity contribution in [3.63, 3.8) is 0 Å². The summed E-state index contributed by atoms with van der Waals surface area (Å²) in [6.07, 6.45) is 2.17. The van der Waals surface area contributed by atoms with Crippen molar-refractivity contribution < 1.29 is 8.42 Å². The Bertz CT molecular complexity index is 534. The molecule has 0 aliphatic carbocycles. The van der Waals surface area contributed by atoms with Crippen molar-refractivity contribution in [1.29, 1.82) is 0 Å². The Morgan fingerprint density at radius 3 is 2.58 bits per heavy atom. The van der Waals surface area contributed by atoms with Crippen LogP contribution < -0.4 is 5.32 Å². The summed E-state index contributed by atoms with van der Waals surface area (Å²) in [5.41, 5.74) is 2.31. The molecule has 1 aromatic rings. The molecule has 0 unspecified atom stereocenters. The molecule has 1 aliphatic heterocycles. The maximum absolute atomic E-state index is 11.6. The van der Waals surface area contributed by atoms with E-state index in [4.69, 9.17) is 0 Å². The van der Waals surface area contributed by atoms with Gasteiger partial charge in [-0.2, -0.15) is 0 Å². The van der Waals surface area contributed by atoms with Crippen LogP contribution in [0.4, 0.5) is 0 Å². The second-order valence-corrected chi connectivity index (χ2v) is 7.22. The monoisotopic (exact) mass is 282 g/mol. The van der Waals surface area contributed by atoms with Crippen molar-refractivity contribution in [2.45, 2.75) is 18.2 Å². The van der Waals surface area contributed by atoms with Crippen molar-refractivity contribution in [1.82, 2.24) is 10.2 Å². The van der Waals surface area contributed by atoms with Gasteiger partial charge < -0.3 is 10.2 Å². The number of nitrogens with zero attached hydrogens (tertiary/aromatic N) is 1. The zero-order chi connectivity index (χ0) is 13.9. The van der Waals surface area contributed by atoms with Crippen molar-refractivity contribution in [2.75, 3.05) is 39.0 Å². The lowest BCUT2D eigenvalue weighted by atomic mass is 10.1. The van der Waals surface area contributed by atoms with Crippen LogP contribution >= 0.6 is 0 Å². The minimum absolute atomic E-state index is 0.424. The molecule has 0 spiro atoms. The van der Waals surface area contributed by atoms with Crippen LogP contribution in [0.3, 0.4) is 0 Å². The fourth-order valence-corrected chi connectivity index (χ4v) is 3.03. The van der Waals surface area contributed by atoms with E-state index in [9.17, 15) is 8.42 Å². The number of aryl methyl sites for hydroxylation is 1. The lowest BCUT2D eigenvalue weighted by molar-refractivity contribution is 0.244. The molecule has 106 valence electrons. The Balaban J connectivity index is 2.06. The van der Waals surface area contributed by atoms with Crippen LogP contribution in [0.15, 0.2) is 23.1 Å². The molecule has 1 heterocycles. The minimum Gasteiger partial charge on any atom is -0.314 e. The number of hydrogen-bond acceptors (Lipinski definition) is 4. The third-order valence-corrected chi connectivity index (χ3v) is 4.77. The number of sulfone groups is 1. The second-order valence-electron chi connectivity index (χ2n) is 5.20. The molecular formula is C14H22N2O2S. The molecule has 19 heavy (non-hydrogen) atoms. The van der Waals surface area contributed by atoms with Gasteiger partial charge in [0.15, 0.2) is 9.84 Å². The largest absolute Gasteiger partial charge is 0.314 e. The van der Waals surface area contributed by atoms with Gasteiger partial charge in [0.05, 0.1) is 4.90 Å². The maximum Gasteiger partial charge on any atom is 0.175 e. The quantitative estimate of drug-likeness (QED) is 0.889. The van der Waals surface area contributed by atoms with E-state index in [2.05, 4.69) is 10.2 Å². The smallest absolute Gasteiger partial charge is 0.175 e. The maximum atomic E-state index is 11.6. The summed E-state index contributed by atoms with van der Waals surface area (Å²) in [5, 5.41) is 3.33. The summed E-state index contributed by atoms with van der Waals surface area (Å²) in [4.78, 5) is 2.84. The summed E-state index contributed by atoms with van der Waals surface area (Å²) in [6, 6.07) is 5.43. The van der Waals surface area contributed by atoms with Crippen LogP contribution in [0, 0.1) is 6.92 Å². The summed E-state index contributed by atoms with van der Waals surface area (Å²) in [6.45, 7) is 7.27. The average molecular weight is 282 g/mol. The van der Waals surface area contributed by atoms with Crippen molar-refractivity contribution in [3.8, 4) is 0 Å². The van der Waals surface area contributed by atoms with Crippen LogP contribution in [-0.4, -0.2) is 52.3 Å². The predicted octanol–water partition coefficient (Wildman–Crippen LogP) is 0.846. The Labute approximate surface area is 115 Å². The normalized spacial score (nSPS) is 17.6. The molecule has 0 amide bonds. The number of rotatable bonds is 4. The Morgan fingerprint density at radius 2 is 1.95 bits per heavy atom. The summed E-state index contributed by atoms with van der Waals surface area (Å²) in [7, 11) is -3.11. The number of nitrogens with one attached hydrogen (secondary N) is 1. The molecule has 0 bridgehead atoms. The van der Waals surface area contributed by atoms with Crippen molar-refractivity contribution >= 4 is 9.84 Å². The van der Waals surface area contributed by atoms with Crippen molar-refractivity contribution in [3.05, 3.63) is 29.3 Å². The molecule has 5 heteroatoms. The molecule has 4 nitrogen and oxygen atoms in total. The summed E-state index contributed by atoms with van der Waals surface area (Å²) < 4.78 is 23.2. The first-order valence-corrected chi connectivity index (χ1v) is 8.58. The van der Waals surface area contributed by atoms with E-state index in [0.717, 1.165) is 44.7 Å². The molecule has 0 radical (unpaired) electrons. The third kappa shape index (κ3) is 4.03. The van der Waals surface area contributed by atoms with Gasteiger partial charge in [-0.25, -0.2) is 8.42 Å². The first-order valence-electron chi connectivity index (χ1n) is 6.69. The number of benzene rings is 1. The first-order chi connectivity index (χ1) is 8.97. The van der Waals surface area contributed by atoms with Gasteiger partial charge in [-0.15, -0.1) is 0 Å². The van der Waals surface area contributed by atoms with Gasteiger partial charge in [0.2, 0.25) is 0 Å². The van der Waals surface area contributed by atoms with E-state index in [0.29, 0.717) is 4.90 Å². The van der Waals surface area contributed by atoms with Crippen molar-refractivity contribution in [2.24, 2.45) is 0 Å². The summed E-state index contributed by atoms with van der Waals surface area (Å²) >= 11 is 0. The molecule has 1 saturated heterocycles. The van der Waals surface area contributed by atoms with E-state index in [1.807, 2.05) is 19.1 Å². The molecule has 0 atom stereocenters. The Hall–Kier alpha value is -0.910. The van der Waals surface area contributed by atoms with Gasteiger partial charge >= 0.3 is 0 Å². The highest BCUT2D eigenvalue weighted by atomic mass is 32.2. The van der Waals surface area contributed by atoms with E-state index in [1.165, 1.54) is 11.8 Å². The fraction of sp³-hybridized carbons (Fsp3) is 0.571. The lowest BCUT2D eigenvalue weighted by Crippen LogP contribution is -2.44. The highest BCUT2D eigenvalue weighted by molar-refractivity contribution is 7.90. The average Bonchev–Trinajstić information content (AvgIpc) is 2.37. The predicted molar refractivity (Wildman–Crippen MR) is 77.3 cm³/mol. The molecule has 1 aliphatic rings. The molecule has 0 aromatic heterocycles. The van der Waals surface area contributed by atoms with Gasteiger partial charge in [-0.1, -0.05) is 6.07 Å². The van der Waals surface area contributed by atoms with Crippen LogP contribution in [0.5, 0.6) is 0 Å². The van der Waals surface area contributed by atoms with Gasteiger partial charge in [-0.3, -0.25) is 0 Å². The third-order valence-electron chi connectivity index (χ3n) is 3.66. The van der Waals surface area contributed by atoms with Crippen LogP contribution in [0.25, 0.3) is 0 Å². The molecule has 0 saturated carbocycles. The van der Waals surface area contributed by atoms with E-state index in [1.54, 1.807) is 6.07 Å². The van der Waals surface area contributed by atoms with Crippen LogP contribution in [-0.2, 0) is 16.3 Å².